The summed E-state index contributed by atoms with van der Waals surface area (Å²) in [4.78, 5) is 11.8. The van der Waals surface area contributed by atoms with E-state index in [1.165, 1.54) is 0 Å². The fourth-order valence-electron chi connectivity index (χ4n) is 1.43. The monoisotopic (exact) mass is 324 g/mol. The number of carbonyl (C=O) groups excluding carboxylic acids is 1. The van der Waals surface area contributed by atoms with Gasteiger partial charge in [-0.05, 0) is 55.0 Å². The van der Waals surface area contributed by atoms with Gasteiger partial charge in [0.25, 0.3) is 0 Å². The molecule has 0 unspecified atom stereocenters. The van der Waals surface area contributed by atoms with Crippen LogP contribution in [0.4, 0.5) is 0 Å². The lowest BCUT2D eigenvalue weighted by Crippen LogP contribution is -2.08. The summed E-state index contributed by atoms with van der Waals surface area (Å²) in [6, 6.07) is 12.0. The minimum atomic E-state index is -0.395. The number of ether oxygens (including phenoxy) is 1. The van der Waals surface area contributed by atoms with Crippen molar-refractivity contribution in [2.24, 2.45) is 0 Å². The first-order chi connectivity index (χ1) is 8.56. The first-order valence-electron chi connectivity index (χ1n) is 5.30. The number of aryl methyl sites for hydroxylation is 1. The fourth-order valence-corrected chi connectivity index (χ4v) is 1.81. The Morgan fingerprint density at radius 3 is 2.44 bits per heavy atom. The lowest BCUT2D eigenvalue weighted by Gasteiger charge is -2.06. The SMILES string of the molecule is Cc1cc(OC(=O)c2ccc(Cl)cc2)ccc1Br. The van der Waals surface area contributed by atoms with Gasteiger partial charge in [0, 0.05) is 9.50 Å². The van der Waals surface area contributed by atoms with E-state index in [1.54, 1.807) is 36.4 Å². The van der Waals surface area contributed by atoms with Gasteiger partial charge in [-0.15, -0.1) is 0 Å². The highest BCUT2D eigenvalue weighted by molar-refractivity contribution is 9.10. The number of carbonyl (C=O) groups is 1. The number of hydrogen-bond acceptors (Lipinski definition) is 2. The van der Waals surface area contributed by atoms with E-state index in [9.17, 15) is 4.79 Å². The molecule has 92 valence electrons. The van der Waals surface area contributed by atoms with Gasteiger partial charge in [0.15, 0.2) is 0 Å². The summed E-state index contributed by atoms with van der Waals surface area (Å²) >= 11 is 9.15. The van der Waals surface area contributed by atoms with Crippen LogP contribution in [0.1, 0.15) is 15.9 Å². The molecule has 2 aromatic rings. The van der Waals surface area contributed by atoms with E-state index in [2.05, 4.69) is 15.9 Å². The number of hydrogen-bond donors (Lipinski definition) is 0. The molecule has 0 radical (unpaired) electrons. The zero-order chi connectivity index (χ0) is 13.1. The van der Waals surface area contributed by atoms with Crippen LogP contribution in [-0.2, 0) is 0 Å². The van der Waals surface area contributed by atoms with Gasteiger partial charge in [0.1, 0.15) is 5.75 Å². The minimum Gasteiger partial charge on any atom is -0.423 e. The van der Waals surface area contributed by atoms with E-state index in [4.69, 9.17) is 16.3 Å². The summed E-state index contributed by atoms with van der Waals surface area (Å²) < 4.78 is 6.25. The summed E-state index contributed by atoms with van der Waals surface area (Å²) in [6.45, 7) is 1.93. The van der Waals surface area contributed by atoms with Crippen LogP contribution in [0, 0.1) is 6.92 Å². The van der Waals surface area contributed by atoms with Crippen molar-refractivity contribution in [3.05, 3.63) is 63.1 Å². The van der Waals surface area contributed by atoms with Gasteiger partial charge in [-0.1, -0.05) is 27.5 Å². The Bertz CT molecular complexity index is 579. The van der Waals surface area contributed by atoms with E-state index < -0.39 is 5.97 Å². The first kappa shape index (κ1) is 13.1. The molecular formula is C14H10BrClO2. The first-order valence-corrected chi connectivity index (χ1v) is 6.47. The predicted molar refractivity (Wildman–Crippen MR) is 75.3 cm³/mol. The van der Waals surface area contributed by atoms with Crippen LogP contribution in [0.15, 0.2) is 46.9 Å². The molecule has 0 atom stereocenters. The van der Waals surface area contributed by atoms with Crippen molar-refractivity contribution in [2.45, 2.75) is 6.92 Å². The third-order valence-corrected chi connectivity index (χ3v) is 3.56. The molecule has 4 heteroatoms. The maximum absolute atomic E-state index is 11.8. The normalized spacial score (nSPS) is 10.2. The number of halogens is 2. The Labute approximate surface area is 119 Å². The second-order valence-electron chi connectivity index (χ2n) is 3.81. The van der Waals surface area contributed by atoms with Gasteiger partial charge in [-0.25, -0.2) is 4.79 Å². The molecule has 2 aromatic carbocycles. The molecule has 0 bridgehead atoms. The van der Waals surface area contributed by atoms with Crippen LogP contribution in [0.3, 0.4) is 0 Å². The zero-order valence-electron chi connectivity index (χ0n) is 9.61. The highest BCUT2D eigenvalue weighted by atomic mass is 79.9. The minimum absolute atomic E-state index is 0.395. The topological polar surface area (TPSA) is 26.3 Å². The van der Waals surface area contributed by atoms with Crippen molar-refractivity contribution >= 4 is 33.5 Å². The van der Waals surface area contributed by atoms with Crippen molar-refractivity contribution in [2.75, 3.05) is 0 Å². The second-order valence-corrected chi connectivity index (χ2v) is 5.10. The molecule has 2 nitrogen and oxygen atoms in total. The molecule has 0 saturated heterocycles. The van der Waals surface area contributed by atoms with Crippen LogP contribution in [0.2, 0.25) is 5.02 Å². The summed E-state index contributed by atoms with van der Waals surface area (Å²) in [5, 5.41) is 0.589. The van der Waals surface area contributed by atoms with Crippen molar-refractivity contribution < 1.29 is 9.53 Å². The summed E-state index contributed by atoms with van der Waals surface area (Å²) in [7, 11) is 0. The Hall–Kier alpha value is -1.32. The van der Waals surface area contributed by atoms with E-state index >= 15 is 0 Å². The number of esters is 1. The van der Waals surface area contributed by atoms with Gasteiger partial charge in [0.2, 0.25) is 0 Å². The predicted octanol–water partition coefficient (Wildman–Crippen LogP) is 4.63. The second kappa shape index (κ2) is 5.55. The third kappa shape index (κ3) is 3.12. The van der Waals surface area contributed by atoms with Crippen LogP contribution in [0.5, 0.6) is 5.75 Å². The molecule has 2 rings (SSSR count). The van der Waals surface area contributed by atoms with Crippen LogP contribution >= 0.6 is 27.5 Å². The molecule has 0 fully saturated rings. The maximum Gasteiger partial charge on any atom is 0.343 e. The molecular weight excluding hydrogens is 316 g/mol. The quantitative estimate of drug-likeness (QED) is 0.594. The van der Waals surface area contributed by atoms with Gasteiger partial charge in [-0.3, -0.25) is 0 Å². The zero-order valence-corrected chi connectivity index (χ0v) is 12.0. The molecule has 18 heavy (non-hydrogen) atoms. The van der Waals surface area contributed by atoms with Crippen LogP contribution < -0.4 is 4.74 Å². The average molecular weight is 326 g/mol. The molecule has 0 aromatic heterocycles. The van der Waals surface area contributed by atoms with E-state index in [0.29, 0.717) is 16.3 Å². The highest BCUT2D eigenvalue weighted by Gasteiger charge is 2.08. The number of benzene rings is 2. The molecule has 0 saturated carbocycles. The molecule has 0 aliphatic carbocycles. The van der Waals surface area contributed by atoms with E-state index in [-0.39, 0.29) is 0 Å². The highest BCUT2D eigenvalue weighted by Crippen LogP contribution is 2.22. The van der Waals surface area contributed by atoms with Crippen molar-refractivity contribution in [3.63, 3.8) is 0 Å². The largest absolute Gasteiger partial charge is 0.423 e. The molecule has 0 aliphatic rings. The Morgan fingerprint density at radius 2 is 1.83 bits per heavy atom. The van der Waals surface area contributed by atoms with Crippen molar-refractivity contribution in [3.8, 4) is 5.75 Å². The Balaban J connectivity index is 2.16. The van der Waals surface area contributed by atoms with Crippen molar-refractivity contribution in [1.82, 2.24) is 0 Å². The van der Waals surface area contributed by atoms with Crippen LogP contribution in [0.25, 0.3) is 0 Å². The lowest BCUT2D eigenvalue weighted by atomic mass is 10.2. The lowest BCUT2D eigenvalue weighted by molar-refractivity contribution is 0.0734. The number of rotatable bonds is 2. The van der Waals surface area contributed by atoms with Gasteiger partial charge < -0.3 is 4.74 Å². The van der Waals surface area contributed by atoms with Crippen LogP contribution in [-0.4, -0.2) is 5.97 Å². The molecule has 0 N–H and O–H groups in total. The molecule has 0 heterocycles. The van der Waals surface area contributed by atoms with E-state index in [1.807, 2.05) is 13.0 Å². The summed E-state index contributed by atoms with van der Waals surface area (Å²) in [5.41, 5.74) is 1.48. The Kier molecular flexibility index (Phi) is 4.04. The molecule has 0 aliphatic heterocycles. The standard InChI is InChI=1S/C14H10BrClO2/c1-9-8-12(6-7-13(9)15)18-14(17)10-2-4-11(16)5-3-10/h2-8H,1H3. The summed E-state index contributed by atoms with van der Waals surface area (Å²) in [6.07, 6.45) is 0. The van der Waals surface area contributed by atoms with Gasteiger partial charge in [-0.2, -0.15) is 0 Å². The third-order valence-electron chi connectivity index (χ3n) is 2.42. The maximum atomic E-state index is 11.8. The van der Waals surface area contributed by atoms with E-state index in [0.717, 1.165) is 10.0 Å². The molecule has 0 amide bonds. The van der Waals surface area contributed by atoms with Crippen molar-refractivity contribution in [1.29, 1.82) is 0 Å². The average Bonchev–Trinajstić information content (AvgIpc) is 2.34. The van der Waals surface area contributed by atoms with Gasteiger partial charge in [0.05, 0.1) is 5.56 Å². The van der Waals surface area contributed by atoms with Gasteiger partial charge >= 0.3 is 5.97 Å². The fraction of sp³-hybridized carbons (Fsp3) is 0.0714. The Morgan fingerprint density at radius 1 is 1.17 bits per heavy atom. The summed E-state index contributed by atoms with van der Waals surface area (Å²) in [5.74, 6) is 0.129. The smallest absolute Gasteiger partial charge is 0.343 e. The molecule has 0 spiro atoms.